The fourth-order valence-electron chi connectivity index (χ4n) is 2.60. The van der Waals surface area contributed by atoms with E-state index < -0.39 is 0 Å². The molecule has 0 saturated heterocycles. The van der Waals surface area contributed by atoms with Crippen LogP contribution in [0.1, 0.15) is 46.5 Å². The molecule has 3 unspecified atom stereocenters. The minimum Gasteiger partial charge on any atom is -0.317 e. The van der Waals surface area contributed by atoms with Gasteiger partial charge in [0.15, 0.2) is 0 Å². The van der Waals surface area contributed by atoms with E-state index in [0.29, 0.717) is 0 Å². The summed E-state index contributed by atoms with van der Waals surface area (Å²) in [5, 5.41) is 3.48. The minimum absolute atomic E-state index is 0.961. The summed E-state index contributed by atoms with van der Waals surface area (Å²) in [6.45, 7) is 9.32. The number of rotatable bonds is 6. The molecule has 1 rings (SSSR count). The van der Waals surface area contributed by atoms with Gasteiger partial charge >= 0.3 is 0 Å². The SMILES string of the molecule is CCCC(C)C1CCC1CNCC. The molecular formula is C12H25N. The van der Waals surface area contributed by atoms with Gasteiger partial charge in [-0.05, 0) is 43.7 Å². The Labute approximate surface area is 83.3 Å². The molecule has 1 N–H and O–H groups in total. The zero-order valence-electron chi connectivity index (χ0n) is 9.47. The van der Waals surface area contributed by atoms with Gasteiger partial charge in [0, 0.05) is 0 Å². The second kappa shape index (κ2) is 5.64. The maximum atomic E-state index is 3.48. The monoisotopic (exact) mass is 183 g/mol. The van der Waals surface area contributed by atoms with Crippen LogP contribution in [0.4, 0.5) is 0 Å². The third kappa shape index (κ3) is 2.98. The van der Waals surface area contributed by atoms with Crippen LogP contribution in [0.3, 0.4) is 0 Å². The second-order valence-electron chi connectivity index (χ2n) is 4.57. The van der Waals surface area contributed by atoms with Crippen molar-refractivity contribution >= 4 is 0 Å². The van der Waals surface area contributed by atoms with E-state index >= 15 is 0 Å². The van der Waals surface area contributed by atoms with Crippen LogP contribution in [-0.2, 0) is 0 Å². The Kier molecular flexibility index (Phi) is 4.79. The number of nitrogens with one attached hydrogen (secondary N) is 1. The highest BCUT2D eigenvalue weighted by atomic mass is 14.9. The first-order valence-electron chi connectivity index (χ1n) is 6.00. The van der Waals surface area contributed by atoms with Crippen LogP contribution < -0.4 is 5.32 Å². The lowest BCUT2D eigenvalue weighted by molar-refractivity contribution is 0.106. The van der Waals surface area contributed by atoms with E-state index in [1.807, 2.05) is 0 Å². The van der Waals surface area contributed by atoms with E-state index in [1.54, 1.807) is 0 Å². The molecule has 1 heteroatoms. The Morgan fingerprint density at radius 3 is 2.54 bits per heavy atom. The molecule has 0 radical (unpaired) electrons. The van der Waals surface area contributed by atoms with Gasteiger partial charge in [0.2, 0.25) is 0 Å². The first kappa shape index (κ1) is 11.0. The van der Waals surface area contributed by atoms with Gasteiger partial charge in [-0.1, -0.05) is 33.6 Å². The Hall–Kier alpha value is -0.0400. The van der Waals surface area contributed by atoms with Gasteiger partial charge in [-0.3, -0.25) is 0 Å². The molecule has 1 fully saturated rings. The molecule has 78 valence electrons. The van der Waals surface area contributed by atoms with Gasteiger partial charge in [0.25, 0.3) is 0 Å². The van der Waals surface area contributed by atoms with Gasteiger partial charge in [-0.25, -0.2) is 0 Å². The second-order valence-corrected chi connectivity index (χ2v) is 4.57. The molecule has 0 aromatic heterocycles. The molecule has 0 aromatic rings. The maximum Gasteiger partial charge on any atom is -0.00179 e. The van der Waals surface area contributed by atoms with E-state index in [1.165, 1.54) is 32.2 Å². The molecule has 13 heavy (non-hydrogen) atoms. The lowest BCUT2D eigenvalue weighted by Crippen LogP contribution is -2.38. The smallest absolute Gasteiger partial charge is 0.00179 e. The van der Waals surface area contributed by atoms with Crippen LogP contribution in [0.5, 0.6) is 0 Å². The van der Waals surface area contributed by atoms with Gasteiger partial charge < -0.3 is 5.32 Å². The van der Waals surface area contributed by atoms with Crippen molar-refractivity contribution in [2.45, 2.75) is 46.5 Å². The van der Waals surface area contributed by atoms with Gasteiger partial charge in [-0.2, -0.15) is 0 Å². The zero-order chi connectivity index (χ0) is 9.68. The normalized spacial score (nSPS) is 29.8. The van der Waals surface area contributed by atoms with Gasteiger partial charge in [0.1, 0.15) is 0 Å². The van der Waals surface area contributed by atoms with Crippen LogP contribution in [0.2, 0.25) is 0 Å². The molecule has 0 amide bonds. The molecular weight excluding hydrogens is 158 g/mol. The zero-order valence-corrected chi connectivity index (χ0v) is 9.47. The van der Waals surface area contributed by atoms with Crippen LogP contribution in [0.25, 0.3) is 0 Å². The molecule has 1 saturated carbocycles. The third-order valence-electron chi connectivity index (χ3n) is 3.61. The Bertz CT molecular complexity index is 133. The largest absolute Gasteiger partial charge is 0.317 e. The molecule has 3 atom stereocenters. The van der Waals surface area contributed by atoms with Crippen molar-refractivity contribution in [2.24, 2.45) is 17.8 Å². The quantitative estimate of drug-likeness (QED) is 0.667. The highest BCUT2D eigenvalue weighted by molar-refractivity contribution is 4.85. The van der Waals surface area contributed by atoms with Gasteiger partial charge in [-0.15, -0.1) is 0 Å². The molecule has 0 aromatic carbocycles. The lowest BCUT2D eigenvalue weighted by Gasteiger charge is -2.41. The summed E-state index contributed by atoms with van der Waals surface area (Å²) in [6.07, 6.45) is 5.72. The van der Waals surface area contributed by atoms with Crippen molar-refractivity contribution in [3.05, 3.63) is 0 Å². The fraction of sp³-hybridized carbons (Fsp3) is 1.00. The van der Waals surface area contributed by atoms with E-state index in [-0.39, 0.29) is 0 Å². The molecule has 1 aliphatic rings. The minimum atomic E-state index is 0.961. The number of hydrogen-bond donors (Lipinski definition) is 1. The fourth-order valence-corrected chi connectivity index (χ4v) is 2.60. The highest BCUT2D eigenvalue weighted by Gasteiger charge is 2.33. The first-order chi connectivity index (χ1) is 6.29. The predicted molar refractivity (Wildman–Crippen MR) is 58.8 cm³/mol. The van der Waals surface area contributed by atoms with Crippen molar-refractivity contribution in [3.63, 3.8) is 0 Å². The van der Waals surface area contributed by atoms with Crippen LogP contribution in [-0.4, -0.2) is 13.1 Å². The number of hydrogen-bond acceptors (Lipinski definition) is 1. The summed E-state index contributed by atoms with van der Waals surface area (Å²) in [4.78, 5) is 0. The van der Waals surface area contributed by atoms with E-state index in [4.69, 9.17) is 0 Å². The van der Waals surface area contributed by atoms with Crippen molar-refractivity contribution in [1.29, 1.82) is 0 Å². The topological polar surface area (TPSA) is 12.0 Å². The van der Waals surface area contributed by atoms with E-state index in [2.05, 4.69) is 26.1 Å². The Morgan fingerprint density at radius 2 is 2.08 bits per heavy atom. The predicted octanol–water partition coefficient (Wildman–Crippen LogP) is 3.06. The van der Waals surface area contributed by atoms with E-state index in [0.717, 1.165) is 24.3 Å². The van der Waals surface area contributed by atoms with E-state index in [9.17, 15) is 0 Å². The van der Waals surface area contributed by atoms with Crippen molar-refractivity contribution in [1.82, 2.24) is 5.32 Å². The molecule has 0 aliphatic heterocycles. The summed E-state index contributed by atoms with van der Waals surface area (Å²) in [7, 11) is 0. The van der Waals surface area contributed by atoms with Crippen molar-refractivity contribution in [2.75, 3.05) is 13.1 Å². The van der Waals surface area contributed by atoms with Crippen molar-refractivity contribution in [3.8, 4) is 0 Å². The Morgan fingerprint density at radius 1 is 1.31 bits per heavy atom. The standard InChI is InChI=1S/C12H25N/c1-4-6-10(3)12-8-7-11(12)9-13-5-2/h10-13H,4-9H2,1-3H3. The summed E-state index contributed by atoms with van der Waals surface area (Å²) >= 11 is 0. The summed E-state index contributed by atoms with van der Waals surface area (Å²) in [5.41, 5.74) is 0. The maximum absolute atomic E-state index is 3.48. The molecule has 0 spiro atoms. The highest BCUT2D eigenvalue weighted by Crippen LogP contribution is 2.40. The summed E-state index contributed by atoms with van der Waals surface area (Å²) in [6, 6.07) is 0. The molecule has 1 aliphatic carbocycles. The molecule has 1 nitrogen and oxygen atoms in total. The molecule has 0 bridgehead atoms. The summed E-state index contributed by atoms with van der Waals surface area (Å²) < 4.78 is 0. The molecule has 0 heterocycles. The van der Waals surface area contributed by atoms with Crippen LogP contribution in [0, 0.1) is 17.8 Å². The van der Waals surface area contributed by atoms with Gasteiger partial charge in [0.05, 0.1) is 0 Å². The summed E-state index contributed by atoms with van der Waals surface area (Å²) in [5.74, 6) is 2.97. The Balaban J connectivity index is 2.19. The average Bonchev–Trinajstić information content (AvgIpc) is 2.03. The average molecular weight is 183 g/mol. The third-order valence-corrected chi connectivity index (χ3v) is 3.61. The lowest BCUT2D eigenvalue weighted by atomic mass is 9.66. The van der Waals surface area contributed by atoms with Crippen LogP contribution >= 0.6 is 0 Å². The van der Waals surface area contributed by atoms with Crippen molar-refractivity contribution < 1.29 is 0 Å². The first-order valence-corrected chi connectivity index (χ1v) is 6.00. The van der Waals surface area contributed by atoms with Crippen LogP contribution in [0.15, 0.2) is 0 Å².